The lowest BCUT2D eigenvalue weighted by molar-refractivity contribution is -0.0852. The van der Waals surface area contributed by atoms with Gasteiger partial charge < -0.3 is 5.11 Å². The highest BCUT2D eigenvalue weighted by atomic mass is 16.3. The second-order valence-electron chi connectivity index (χ2n) is 8.39. The smallest absolute Gasteiger partial charge is 0.0817 e. The molecule has 2 heteroatoms. The van der Waals surface area contributed by atoms with Crippen LogP contribution in [0.25, 0.3) is 0 Å². The van der Waals surface area contributed by atoms with Crippen LogP contribution in [0.4, 0.5) is 0 Å². The van der Waals surface area contributed by atoms with Crippen LogP contribution in [-0.4, -0.2) is 35.2 Å². The van der Waals surface area contributed by atoms with Gasteiger partial charge in [-0.15, -0.1) is 0 Å². The Kier molecular flexibility index (Phi) is 3.87. The van der Waals surface area contributed by atoms with Gasteiger partial charge in [0.15, 0.2) is 0 Å². The van der Waals surface area contributed by atoms with Crippen LogP contribution in [0, 0.1) is 28.6 Å². The number of hydrogen-bond donors (Lipinski definition) is 1. The van der Waals surface area contributed by atoms with Gasteiger partial charge >= 0.3 is 0 Å². The second kappa shape index (κ2) is 5.28. The summed E-state index contributed by atoms with van der Waals surface area (Å²) < 4.78 is 0. The zero-order valence-electron chi connectivity index (χ0n) is 14.0. The Labute approximate surface area is 130 Å². The van der Waals surface area contributed by atoms with Gasteiger partial charge in [-0.25, -0.2) is 0 Å². The van der Waals surface area contributed by atoms with Crippen molar-refractivity contribution in [1.29, 1.82) is 0 Å². The summed E-state index contributed by atoms with van der Waals surface area (Å²) in [6.07, 6.45) is 8.08. The molecule has 2 nitrogen and oxygen atoms in total. The Bertz CT molecular complexity index is 454. The van der Waals surface area contributed by atoms with E-state index in [4.69, 9.17) is 0 Å². The summed E-state index contributed by atoms with van der Waals surface area (Å²) in [6, 6.07) is 0. The van der Waals surface area contributed by atoms with Crippen LogP contribution in [-0.2, 0) is 0 Å². The number of rotatable bonds is 2. The molecule has 1 saturated heterocycles. The summed E-state index contributed by atoms with van der Waals surface area (Å²) in [5, 5.41) is 11.2. The molecule has 2 saturated carbocycles. The first-order valence-electron chi connectivity index (χ1n) is 8.80. The summed E-state index contributed by atoms with van der Waals surface area (Å²) in [4.78, 5) is 2.45. The maximum absolute atomic E-state index is 11.2. The van der Waals surface area contributed by atoms with Crippen LogP contribution in [0.15, 0.2) is 0 Å². The van der Waals surface area contributed by atoms with Gasteiger partial charge in [0, 0.05) is 11.8 Å². The average Bonchev–Trinajstić information content (AvgIpc) is 2.77. The predicted octanol–water partition coefficient (Wildman–Crippen LogP) is 3.44. The molecule has 3 aliphatic rings. The number of aliphatic hydroxyl groups is 1. The number of piperidine rings is 1. The Balaban J connectivity index is 1.61. The van der Waals surface area contributed by atoms with Crippen molar-refractivity contribution < 1.29 is 5.11 Å². The van der Waals surface area contributed by atoms with Crippen LogP contribution in [0.3, 0.4) is 0 Å². The average molecular weight is 289 g/mol. The van der Waals surface area contributed by atoms with E-state index in [9.17, 15) is 5.11 Å². The molecule has 0 aromatic rings. The third-order valence-electron chi connectivity index (χ3n) is 7.30. The molecule has 0 amide bonds. The minimum absolute atomic E-state index is 0.0461. The first-order valence-corrected chi connectivity index (χ1v) is 8.80. The van der Waals surface area contributed by atoms with E-state index in [1.54, 1.807) is 0 Å². The Morgan fingerprint density at radius 3 is 2.38 bits per heavy atom. The summed E-state index contributed by atoms with van der Waals surface area (Å²) in [5.41, 5.74) is -0.255. The van der Waals surface area contributed by atoms with Crippen molar-refractivity contribution in [3.05, 3.63) is 0 Å². The first kappa shape index (κ1) is 15.4. The third-order valence-corrected chi connectivity index (χ3v) is 7.30. The van der Waals surface area contributed by atoms with E-state index >= 15 is 0 Å². The van der Waals surface area contributed by atoms with Gasteiger partial charge in [0.25, 0.3) is 0 Å². The lowest BCUT2D eigenvalue weighted by Crippen LogP contribution is -2.46. The maximum Gasteiger partial charge on any atom is 0.0817 e. The maximum atomic E-state index is 11.2. The van der Waals surface area contributed by atoms with E-state index in [0.29, 0.717) is 12.3 Å². The van der Waals surface area contributed by atoms with Gasteiger partial charge in [-0.1, -0.05) is 39.0 Å². The summed E-state index contributed by atoms with van der Waals surface area (Å²) in [7, 11) is 0. The fourth-order valence-electron chi connectivity index (χ4n) is 5.18. The van der Waals surface area contributed by atoms with Gasteiger partial charge in [-0.2, -0.15) is 0 Å². The van der Waals surface area contributed by atoms with Crippen LogP contribution in [0.1, 0.15) is 65.7 Å². The molecule has 3 unspecified atom stereocenters. The van der Waals surface area contributed by atoms with Crippen LogP contribution >= 0.6 is 0 Å². The molecular formula is C19H31NO. The third kappa shape index (κ3) is 2.34. The zero-order valence-corrected chi connectivity index (χ0v) is 14.0. The fourth-order valence-corrected chi connectivity index (χ4v) is 5.18. The number of likely N-dealkylation sites (tertiary alicyclic amines) is 1. The molecule has 0 radical (unpaired) electrons. The van der Waals surface area contributed by atoms with Gasteiger partial charge in [-0.3, -0.25) is 4.90 Å². The molecule has 0 aromatic carbocycles. The molecule has 3 atom stereocenters. The SMILES string of the molecule is CC1(C)C2CCC1(C)C(O)(CC#CCN1CCCCC1)C2. The molecule has 2 aliphatic carbocycles. The predicted molar refractivity (Wildman–Crippen MR) is 86.9 cm³/mol. The Morgan fingerprint density at radius 2 is 1.81 bits per heavy atom. The quantitative estimate of drug-likeness (QED) is 0.787. The molecule has 1 aliphatic heterocycles. The van der Waals surface area contributed by atoms with E-state index in [1.165, 1.54) is 38.8 Å². The number of nitrogens with zero attached hydrogens (tertiary/aromatic N) is 1. The standard InChI is InChI=1S/C19H31NO/c1-17(2)16-9-11-18(17,3)19(21,15-16)10-5-8-14-20-12-6-4-7-13-20/h16,21H,4,6-7,9-15H2,1-3H3. The van der Waals surface area contributed by atoms with Crippen molar-refractivity contribution in [1.82, 2.24) is 4.90 Å². The number of hydrogen-bond acceptors (Lipinski definition) is 2. The lowest BCUT2D eigenvalue weighted by atomic mass is 9.63. The minimum Gasteiger partial charge on any atom is -0.388 e. The fraction of sp³-hybridized carbons (Fsp3) is 0.895. The highest BCUT2D eigenvalue weighted by Gasteiger charge is 2.67. The molecular weight excluding hydrogens is 258 g/mol. The molecule has 0 spiro atoms. The molecule has 2 bridgehead atoms. The highest BCUT2D eigenvalue weighted by molar-refractivity contribution is 5.21. The molecule has 0 aromatic heterocycles. The van der Waals surface area contributed by atoms with Crippen molar-refractivity contribution in [2.75, 3.05) is 19.6 Å². The Hall–Kier alpha value is -0.520. The highest BCUT2D eigenvalue weighted by Crippen LogP contribution is 2.70. The molecule has 1 heterocycles. The van der Waals surface area contributed by atoms with Crippen LogP contribution in [0.2, 0.25) is 0 Å². The normalized spacial score (nSPS) is 41.8. The molecule has 3 fully saturated rings. The van der Waals surface area contributed by atoms with Gasteiger partial charge in [0.1, 0.15) is 0 Å². The minimum atomic E-state index is -0.561. The Morgan fingerprint density at radius 1 is 1.10 bits per heavy atom. The molecule has 1 N–H and O–H groups in total. The van der Waals surface area contributed by atoms with E-state index in [0.717, 1.165) is 19.4 Å². The van der Waals surface area contributed by atoms with Crippen molar-refractivity contribution in [3.8, 4) is 11.8 Å². The van der Waals surface area contributed by atoms with E-state index in [-0.39, 0.29) is 10.8 Å². The first-order chi connectivity index (χ1) is 9.89. The molecule has 3 rings (SSSR count). The van der Waals surface area contributed by atoms with Crippen molar-refractivity contribution in [2.45, 2.75) is 71.3 Å². The second-order valence-corrected chi connectivity index (χ2v) is 8.39. The summed E-state index contributed by atoms with van der Waals surface area (Å²) >= 11 is 0. The van der Waals surface area contributed by atoms with Crippen molar-refractivity contribution in [3.63, 3.8) is 0 Å². The number of fused-ring (bicyclic) bond motifs is 2. The van der Waals surface area contributed by atoms with E-state index in [1.807, 2.05) is 0 Å². The lowest BCUT2D eigenvalue weighted by Gasteiger charge is -2.44. The van der Waals surface area contributed by atoms with Crippen LogP contribution in [0.5, 0.6) is 0 Å². The topological polar surface area (TPSA) is 23.5 Å². The van der Waals surface area contributed by atoms with E-state index in [2.05, 4.69) is 37.5 Å². The van der Waals surface area contributed by atoms with Gasteiger partial charge in [-0.05, 0) is 56.5 Å². The molecule has 21 heavy (non-hydrogen) atoms. The van der Waals surface area contributed by atoms with Gasteiger partial charge in [0.05, 0.1) is 12.1 Å². The van der Waals surface area contributed by atoms with Crippen molar-refractivity contribution >= 4 is 0 Å². The van der Waals surface area contributed by atoms with Crippen LogP contribution < -0.4 is 0 Å². The summed E-state index contributed by atoms with van der Waals surface area (Å²) in [6.45, 7) is 10.3. The van der Waals surface area contributed by atoms with E-state index < -0.39 is 5.60 Å². The molecule has 118 valence electrons. The monoisotopic (exact) mass is 289 g/mol. The largest absolute Gasteiger partial charge is 0.388 e. The van der Waals surface area contributed by atoms with Gasteiger partial charge in [0.2, 0.25) is 0 Å². The summed E-state index contributed by atoms with van der Waals surface area (Å²) in [5.74, 6) is 7.33. The van der Waals surface area contributed by atoms with Crippen molar-refractivity contribution in [2.24, 2.45) is 16.7 Å². The zero-order chi connectivity index (χ0) is 15.1.